The molecule has 1 saturated carbocycles. The molecular formula is C22H30O7S. The van der Waals surface area contributed by atoms with Crippen LogP contribution in [0.3, 0.4) is 0 Å². The maximum atomic E-state index is 12.7. The predicted molar refractivity (Wildman–Crippen MR) is 107 cm³/mol. The molecule has 0 aromatic heterocycles. The molecule has 8 heteroatoms. The van der Waals surface area contributed by atoms with Gasteiger partial charge in [-0.05, 0) is 57.1 Å². The Morgan fingerprint density at radius 1 is 1.10 bits per heavy atom. The molecule has 1 aliphatic carbocycles. The fourth-order valence-electron chi connectivity index (χ4n) is 5.84. The first-order valence-electron chi connectivity index (χ1n) is 10.9. The first kappa shape index (κ1) is 20.8. The molecule has 0 amide bonds. The number of ether oxygens (including phenoxy) is 2. The van der Waals surface area contributed by atoms with Crippen LogP contribution < -0.4 is 0 Å². The molecule has 4 aliphatic heterocycles. The molecule has 7 nitrogen and oxygen atoms in total. The van der Waals surface area contributed by atoms with E-state index in [4.69, 9.17) is 23.4 Å². The standard InChI is InChI=1S/C22H30O7S/c1-14-4-7-17(8-5-14)30(23,24)26-13-16-12-25-20-22-18(15(2)6-9-19(16)22)10-11-21(3,27-20)28-29-22/h4-5,7-8,15-16,18-20H,6,9-13H2,1-3H3/t15-,16-,18+,19+,20-,21+,22-/m1/s1. The van der Waals surface area contributed by atoms with Crippen molar-refractivity contribution in [2.45, 2.75) is 69.0 Å². The van der Waals surface area contributed by atoms with Gasteiger partial charge in [-0.1, -0.05) is 24.6 Å². The molecule has 1 spiro atoms. The number of benzene rings is 1. The van der Waals surface area contributed by atoms with Gasteiger partial charge in [0, 0.05) is 18.3 Å². The number of fused-ring (bicyclic) bond motifs is 2. The quantitative estimate of drug-likeness (QED) is 0.525. The highest BCUT2D eigenvalue weighted by molar-refractivity contribution is 7.86. The van der Waals surface area contributed by atoms with Gasteiger partial charge >= 0.3 is 0 Å². The summed E-state index contributed by atoms with van der Waals surface area (Å²) in [6, 6.07) is 6.69. The second-order valence-electron chi connectivity index (χ2n) is 9.56. The molecule has 4 heterocycles. The number of hydrogen-bond donors (Lipinski definition) is 0. The van der Waals surface area contributed by atoms with Crippen molar-refractivity contribution in [3.63, 3.8) is 0 Å². The third kappa shape index (κ3) is 3.24. The van der Waals surface area contributed by atoms with Gasteiger partial charge in [-0.15, -0.1) is 0 Å². The fourth-order valence-corrected chi connectivity index (χ4v) is 6.80. The largest absolute Gasteiger partial charge is 0.349 e. The Morgan fingerprint density at radius 3 is 2.63 bits per heavy atom. The van der Waals surface area contributed by atoms with Gasteiger partial charge in [-0.2, -0.15) is 8.42 Å². The predicted octanol–water partition coefficient (Wildman–Crippen LogP) is 3.56. The van der Waals surface area contributed by atoms with E-state index in [1.54, 1.807) is 24.3 Å². The molecule has 2 bridgehead atoms. The molecule has 1 aromatic rings. The highest BCUT2D eigenvalue weighted by Crippen LogP contribution is 2.59. The Labute approximate surface area is 178 Å². The number of rotatable bonds is 4. The maximum absolute atomic E-state index is 12.7. The summed E-state index contributed by atoms with van der Waals surface area (Å²) < 4.78 is 43.3. The zero-order valence-corrected chi connectivity index (χ0v) is 18.5. The molecule has 0 unspecified atom stereocenters. The van der Waals surface area contributed by atoms with Crippen molar-refractivity contribution in [1.29, 1.82) is 0 Å². The van der Waals surface area contributed by atoms with E-state index in [0.29, 0.717) is 12.5 Å². The van der Waals surface area contributed by atoms with Gasteiger partial charge in [0.25, 0.3) is 10.1 Å². The summed E-state index contributed by atoms with van der Waals surface area (Å²) in [5.74, 6) is -0.173. The molecule has 5 fully saturated rings. The maximum Gasteiger partial charge on any atom is 0.296 e. The van der Waals surface area contributed by atoms with Crippen molar-refractivity contribution in [3.8, 4) is 0 Å². The zero-order chi connectivity index (χ0) is 21.1. The normalized spacial score (nSPS) is 43.1. The average Bonchev–Trinajstić information content (AvgIpc) is 2.95. The van der Waals surface area contributed by atoms with E-state index in [1.807, 2.05) is 13.8 Å². The molecule has 30 heavy (non-hydrogen) atoms. The van der Waals surface area contributed by atoms with Crippen LogP contribution in [0, 0.1) is 30.6 Å². The Morgan fingerprint density at radius 2 is 1.87 bits per heavy atom. The van der Waals surface area contributed by atoms with Crippen molar-refractivity contribution in [3.05, 3.63) is 29.8 Å². The van der Waals surface area contributed by atoms with E-state index in [-0.39, 0.29) is 29.3 Å². The molecule has 1 aromatic carbocycles. The molecule has 7 atom stereocenters. The molecule has 166 valence electrons. The van der Waals surface area contributed by atoms with Crippen LogP contribution in [0.15, 0.2) is 29.2 Å². The van der Waals surface area contributed by atoms with E-state index in [0.717, 1.165) is 31.2 Å². The van der Waals surface area contributed by atoms with Gasteiger partial charge in [-0.25, -0.2) is 9.78 Å². The lowest BCUT2D eigenvalue weighted by atomic mass is 9.58. The number of aryl methyl sites for hydroxylation is 1. The van der Waals surface area contributed by atoms with Crippen LogP contribution in [0.5, 0.6) is 0 Å². The van der Waals surface area contributed by atoms with Crippen molar-refractivity contribution >= 4 is 10.1 Å². The fraction of sp³-hybridized carbons (Fsp3) is 0.727. The van der Waals surface area contributed by atoms with Gasteiger partial charge in [0.2, 0.25) is 5.79 Å². The highest BCUT2D eigenvalue weighted by atomic mass is 32.2. The second kappa shape index (κ2) is 7.25. The lowest BCUT2D eigenvalue weighted by Crippen LogP contribution is -2.69. The zero-order valence-electron chi connectivity index (χ0n) is 17.7. The van der Waals surface area contributed by atoms with Crippen LogP contribution in [-0.4, -0.2) is 39.3 Å². The van der Waals surface area contributed by atoms with Crippen LogP contribution in [0.25, 0.3) is 0 Å². The van der Waals surface area contributed by atoms with Crippen molar-refractivity contribution in [1.82, 2.24) is 0 Å². The minimum Gasteiger partial charge on any atom is -0.349 e. The average molecular weight is 439 g/mol. The second-order valence-corrected chi connectivity index (χ2v) is 11.2. The minimum absolute atomic E-state index is 0.0494. The van der Waals surface area contributed by atoms with Crippen molar-refractivity contribution in [2.24, 2.45) is 23.7 Å². The summed E-state index contributed by atoms with van der Waals surface area (Å²) >= 11 is 0. The smallest absolute Gasteiger partial charge is 0.296 e. The Balaban J connectivity index is 1.39. The highest BCUT2D eigenvalue weighted by Gasteiger charge is 2.68. The number of hydrogen-bond acceptors (Lipinski definition) is 7. The topological polar surface area (TPSA) is 80.3 Å². The van der Waals surface area contributed by atoms with Crippen molar-refractivity contribution in [2.75, 3.05) is 13.2 Å². The summed E-state index contributed by atoms with van der Waals surface area (Å²) in [7, 11) is -3.84. The van der Waals surface area contributed by atoms with Crippen LogP contribution >= 0.6 is 0 Å². The van der Waals surface area contributed by atoms with Crippen LogP contribution in [0.1, 0.15) is 45.1 Å². The Kier molecular flexibility index (Phi) is 5.04. The van der Waals surface area contributed by atoms with Gasteiger partial charge in [0.05, 0.1) is 18.1 Å². The summed E-state index contributed by atoms with van der Waals surface area (Å²) in [5.41, 5.74) is 0.282. The van der Waals surface area contributed by atoms with Gasteiger partial charge in [0.1, 0.15) is 0 Å². The first-order chi connectivity index (χ1) is 14.2. The molecule has 4 saturated heterocycles. The third-order valence-corrected chi connectivity index (χ3v) is 8.85. The van der Waals surface area contributed by atoms with Gasteiger partial charge in [0.15, 0.2) is 11.9 Å². The lowest BCUT2D eigenvalue weighted by molar-refractivity contribution is -0.567. The van der Waals surface area contributed by atoms with E-state index in [9.17, 15) is 8.42 Å². The van der Waals surface area contributed by atoms with Crippen LogP contribution in [-0.2, 0) is 33.6 Å². The van der Waals surface area contributed by atoms with Crippen LogP contribution in [0.2, 0.25) is 0 Å². The Hall–Kier alpha value is -1.03. The summed E-state index contributed by atoms with van der Waals surface area (Å²) in [4.78, 5) is 12.1. The SMILES string of the molecule is Cc1ccc(S(=O)(=O)OC[C@H]2CO[C@@H]3O[C@]4(C)CC[C@H]5[C@H](C)CC[C@@H]2[C@@]35OO4)cc1. The minimum atomic E-state index is -3.84. The van der Waals surface area contributed by atoms with Gasteiger partial charge < -0.3 is 9.47 Å². The first-order valence-corrected chi connectivity index (χ1v) is 12.3. The Bertz CT molecular complexity index is 901. The van der Waals surface area contributed by atoms with E-state index in [1.165, 1.54) is 0 Å². The summed E-state index contributed by atoms with van der Waals surface area (Å²) in [6.07, 6.45) is 3.15. The summed E-state index contributed by atoms with van der Waals surface area (Å²) in [5, 5.41) is 0. The lowest BCUT2D eigenvalue weighted by Gasteiger charge is -2.59. The molecular weight excluding hydrogens is 408 g/mol. The summed E-state index contributed by atoms with van der Waals surface area (Å²) in [6.45, 7) is 6.49. The monoisotopic (exact) mass is 438 g/mol. The van der Waals surface area contributed by atoms with Gasteiger partial charge in [-0.3, -0.25) is 4.18 Å². The van der Waals surface area contributed by atoms with Crippen molar-refractivity contribution < 1.29 is 31.8 Å². The van der Waals surface area contributed by atoms with E-state index in [2.05, 4.69) is 6.92 Å². The molecule has 5 aliphatic rings. The van der Waals surface area contributed by atoms with E-state index < -0.39 is 27.8 Å². The third-order valence-electron chi connectivity index (χ3n) is 7.55. The molecule has 0 N–H and O–H groups in total. The van der Waals surface area contributed by atoms with Crippen LogP contribution in [0.4, 0.5) is 0 Å². The van der Waals surface area contributed by atoms with E-state index >= 15 is 0 Å². The molecule has 0 radical (unpaired) electrons. The molecule has 6 rings (SSSR count).